The lowest BCUT2D eigenvalue weighted by Gasteiger charge is -2.28. The first-order valence-corrected chi connectivity index (χ1v) is 13.6. The standard InChI is InChI=1S/C33H40O/c1-23-13-15-28(25-9-5-3-6-10-25)21-31(23)33(27-17-19-30(34)20-18-27)32-22-29(16-14-24(32)2)26-11-7-4-8-12-26/h13-22,25-26,33-34H,3-12H2,1-2H3. The average molecular weight is 453 g/mol. The fourth-order valence-corrected chi connectivity index (χ4v) is 6.51. The fourth-order valence-electron chi connectivity index (χ4n) is 6.51. The maximum atomic E-state index is 10.0. The summed E-state index contributed by atoms with van der Waals surface area (Å²) < 4.78 is 0. The lowest BCUT2D eigenvalue weighted by atomic mass is 9.76. The van der Waals surface area contributed by atoms with Crippen molar-refractivity contribution in [2.24, 2.45) is 0 Å². The van der Waals surface area contributed by atoms with Crippen molar-refractivity contribution in [2.75, 3.05) is 0 Å². The summed E-state index contributed by atoms with van der Waals surface area (Å²) in [6.45, 7) is 4.54. The lowest BCUT2D eigenvalue weighted by Crippen LogP contribution is -2.11. The first-order chi connectivity index (χ1) is 16.6. The van der Waals surface area contributed by atoms with Crippen molar-refractivity contribution in [3.8, 4) is 5.75 Å². The van der Waals surface area contributed by atoms with E-state index in [0.717, 1.165) is 0 Å². The third-order valence-corrected chi connectivity index (χ3v) is 8.61. The summed E-state index contributed by atoms with van der Waals surface area (Å²) in [4.78, 5) is 0. The first kappa shape index (κ1) is 23.2. The smallest absolute Gasteiger partial charge is 0.115 e. The molecule has 2 aliphatic carbocycles. The maximum Gasteiger partial charge on any atom is 0.115 e. The molecule has 3 aromatic rings. The highest BCUT2D eigenvalue weighted by molar-refractivity contribution is 5.52. The molecule has 5 rings (SSSR count). The molecule has 0 aliphatic heterocycles. The van der Waals surface area contributed by atoms with Crippen molar-refractivity contribution < 1.29 is 5.11 Å². The third kappa shape index (κ3) is 4.95. The zero-order valence-corrected chi connectivity index (χ0v) is 21.0. The third-order valence-electron chi connectivity index (χ3n) is 8.61. The van der Waals surface area contributed by atoms with Gasteiger partial charge in [0.25, 0.3) is 0 Å². The average Bonchev–Trinajstić information content (AvgIpc) is 2.88. The molecule has 0 atom stereocenters. The van der Waals surface area contributed by atoms with Crippen LogP contribution in [0.2, 0.25) is 0 Å². The molecule has 0 saturated heterocycles. The van der Waals surface area contributed by atoms with Crippen molar-refractivity contribution in [1.82, 2.24) is 0 Å². The molecule has 0 unspecified atom stereocenters. The monoisotopic (exact) mass is 452 g/mol. The van der Waals surface area contributed by atoms with E-state index >= 15 is 0 Å². The Kier molecular flexibility index (Phi) is 7.09. The molecule has 0 bridgehead atoms. The van der Waals surface area contributed by atoms with Crippen LogP contribution in [0.5, 0.6) is 5.75 Å². The van der Waals surface area contributed by atoms with Crippen LogP contribution in [0.25, 0.3) is 0 Å². The molecule has 1 heteroatoms. The van der Waals surface area contributed by atoms with Crippen LogP contribution in [0.4, 0.5) is 0 Å². The maximum absolute atomic E-state index is 10.0. The van der Waals surface area contributed by atoms with Gasteiger partial charge in [0, 0.05) is 5.92 Å². The minimum Gasteiger partial charge on any atom is -0.508 e. The Hall–Kier alpha value is -2.54. The van der Waals surface area contributed by atoms with E-state index in [4.69, 9.17) is 0 Å². The summed E-state index contributed by atoms with van der Waals surface area (Å²) >= 11 is 0. The molecule has 3 aromatic carbocycles. The van der Waals surface area contributed by atoms with Gasteiger partial charge in [-0.1, -0.05) is 87.1 Å². The quantitative estimate of drug-likeness (QED) is 0.382. The van der Waals surface area contributed by atoms with Gasteiger partial charge in [0.15, 0.2) is 0 Å². The molecule has 0 amide bonds. The van der Waals surface area contributed by atoms with E-state index < -0.39 is 0 Å². The summed E-state index contributed by atoms with van der Waals surface area (Å²) in [5, 5.41) is 10.0. The zero-order chi connectivity index (χ0) is 23.5. The van der Waals surface area contributed by atoms with Gasteiger partial charge in [0.05, 0.1) is 0 Å². The largest absolute Gasteiger partial charge is 0.508 e. The van der Waals surface area contributed by atoms with Crippen LogP contribution in [-0.2, 0) is 0 Å². The van der Waals surface area contributed by atoms with Crippen LogP contribution in [0.1, 0.15) is 121 Å². The molecule has 0 aromatic heterocycles. The Labute approximate surface area is 206 Å². The number of rotatable bonds is 5. The number of phenols is 1. The minimum atomic E-state index is 0.188. The predicted molar refractivity (Wildman–Crippen MR) is 143 cm³/mol. The van der Waals surface area contributed by atoms with Gasteiger partial charge in [-0.25, -0.2) is 0 Å². The molecule has 1 N–H and O–H groups in total. The second-order valence-corrected chi connectivity index (χ2v) is 10.9. The van der Waals surface area contributed by atoms with Crippen molar-refractivity contribution in [2.45, 2.75) is 95.8 Å². The zero-order valence-electron chi connectivity index (χ0n) is 21.0. The lowest BCUT2D eigenvalue weighted by molar-refractivity contribution is 0.443. The summed E-state index contributed by atoms with van der Waals surface area (Å²) in [6.07, 6.45) is 13.5. The minimum absolute atomic E-state index is 0.188. The van der Waals surface area contributed by atoms with Gasteiger partial charge in [-0.3, -0.25) is 0 Å². The summed E-state index contributed by atoms with van der Waals surface area (Å²) in [5.41, 5.74) is 9.89. The van der Waals surface area contributed by atoms with Crippen LogP contribution < -0.4 is 0 Å². The topological polar surface area (TPSA) is 20.2 Å². The van der Waals surface area contributed by atoms with Gasteiger partial charge in [0.1, 0.15) is 5.75 Å². The molecule has 0 spiro atoms. The Morgan fingerprint density at radius 3 is 1.47 bits per heavy atom. The van der Waals surface area contributed by atoms with E-state index in [2.05, 4.69) is 62.4 Å². The van der Waals surface area contributed by atoms with E-state index in [1.54, 1.807) is 0 Å². The molecule has 2 fully saturated rings. The molecule has 1 nitrogen and oxygen atoms in total. The molecule has 34 heavy (non-hydrogen) atoms. The van der Waals surface area contributed by atoms with Gasteiger partial charge in [-0.05, 0) is 102 Å². The van der Waals surface area contributed by atoms with Gasteiger partial charge in [-0.15, -0.1) is 0 Å². The summed E-state index contributed by atoms with van der Waals surface area (Å²) in [5.74, 6) is 1.92. The number of hydrogen-bond acceptors (Lipinski definition) is 1. The van der Waals surface area contributed by atoms with E-state index in [1.807, 2.05) is 12.1 Å². The Balaban J connectivity index is 1.62. The van der Waals surface area contributed by atoms with E-state index in [9.17, 15) is 5.11 Å². The molecule has 0 heterocycles. The van der Waals surface area contributed by atoms with E-state index in [-0.39, 0.29) is 5.92 Å². The molecule has 178 valence electrons. The Bertz CT molecular complexity index is 1030. The summed E-state index contributed by atoms with van der Waals surface area (Å²) in [6, 6.07) is 22.5. The van der Waals surface area contributed by atoms with Crippen LogP contribution in [0, 0.1) is 13.8 Å². The summed E-state index contributed by atoms with van der Waals surface area (Å²) in [7, 11) is 0. The van der Waals surface area contributed by atoms with E-state index in [1.165, 1.54) is 103 Å². The highest BCUT2D eigenvalue weighted by atomic mass is 16.3. The Morgan fingerprint density at radius 2 is 1.03 bits per heavy atom. The second-order valence-electron chi connectivity index (χ2n) is 10.9. The fraction of sp³-hybridized carbons (Fsp3) is 0.455. The number of hydrogen-bond donors (Lipinski definition) is 1. The van der Waals surface area contributed by atoms with Crippen LogP contribution in [-0.4, -0.2) is 5.11 Å². The van der Waals surface area contributed by atoms with E-state index in [0.29, 0.717) is 17.6 Å². The van der Waals surface area contributed by atoms with Crippen molar-refractivity contribution in [1.29, 1.82) is 0 Å². The van der Waals surface area contributed by atoms with Crippen molar-refractivity contribution in [3.63, 3.8) is 0 Å². The van der Waals surface area contributed by atoms with Crippen LogP contribution >= 0.6 is 0 Å². The van der Waals surface area contributed by atoms with Gasteiger partial charge in [0.2, 0.25) is 0 Å². The second kappa shape index (κ2) is 10.4. The number of benzene rings is 3. The molecule has 2 saturated carbocycles. The predicted octanol–water partition coefficient (Wildman–Crippen LogP) is 9.28. The molecule has 2 aliphatic rings. The highest BCUT2D eigenvalue weighted by Crippen LogP contribution is 2.41. The molecular weight excluding hydrogens is 412 g/mol. The normalized spacial score (nSPS) is 17.9. The SMILES string of the molecule is Cc1ccc(C2CCCCC2)cc1C(c1ccc(O)cc1)c1cc(C2CCCCC2)ccc1C. The number of phenolic OH excluding ortho intramolecular Hbond substituents is 1. The number of aryl methyl sites for hydroxylation is 2. The Morgan fingerprint density at radius 1 is 0.588 bits per heavy atom. The van der Waals surface area contributed by atoms with Crippen molar-refractivity contribution in [3.05, 3.63) is 99.6 Å². The van der Waals surface area contributed by atoms with Gasteiger partial charge in [-0.2, -0.15) is 0 Å². The molecule has 0 radical (unpaired) electrons. The van der Waals surface area contributed by atoms with Crippen LogP contribution in [0.15, 0.2) is 60.7 Å². The number of aromatic hydroxyl groups is 1. The van der Waals surface area contributed by atoms with Gasteiger partial charge >= 0.3 is 0 Å². The highest BCUT2D eigenvalue weighted by Gasteiger charge is 2.25. The molecular formula is C33H40O. The van der Waals surface area contributed by atoms with Crippen LogP contribution in [0.3, 0.4) is 0 Å². The van der Waals surface area contributed by atoms with Gasteiger partial charge < -0.3 is 5.11 Å². The first-order valence-electron chi connectivity index (χ1n) is 13.6. The van der Waals surface area contributed by atoms with Crippen molar-refractivity contribution >= 4 is 0 Å².